The van der Waals surface area contributed by atoms with Crippen molar-refractivity contribution >= 4 is 6.29 Å². The number of carbonyl (C=O) groups is 1. The highest BCUT2D eigenvalue weighted by Crippen LogP contribution is 2.30. The van der Waals surface area contributed by atoms with Gasteiger partial charge in [0.2, 0.25) is 5.82 Å². The number of aldehydes is 1. The SMILES string of the molecule is Cc1ccccc1C(C)n1nnc(-c2ccccc2-c2ccc(C=O)cc2)n1. The number of hydrogen-bond acceptors (Lipinski definition) is 4. The number of aryl methyl sites for hydroxylation is 1. The van der Waals surface area contributed by atoms with Crippen molar-refractivity contribution in [1.29, 1.82) is 0 Å². The summed E-state index contributed by atoms with van der Waals surface area (Å²) >= 11 is 0. The molecular weight excluding hydrogens is 348 g/mol. The molecule has 4 rings (SSSR count). The fraction of sp³-hybridized carbons (Fsp3) is 0.130. The summed E-state index contributed by atoms with van der Waals surface area (Å²) in [6.45, 7) is 4.15. The molecule has 5 heteroatoms. The van der Waals surface area contributed by atoms with Gasteiger partial charge < -0.3 is 0 Å². The minimum Gasteiger partial charge on any atom is -0.298 e. The molecule has 0 saturated heterocycles. The summed E-state index contributed by atoms with van der Waals surface area (Å²) in [5.41, 5.74) is 5.93. The standard InChI is InChI=1S/C23H20N4O/c1-16-7-3-4-8-20(16)17(2)27-25-23(24-26-27)22-10-6-5-9-21(22)19-13-11-18(15-28)12-14-19/h3-15,17H,1-2H3. The van der Waals surface area contributed by atoms with Crippen molar-refractivity contribution in [2.24, 2.45) is 0 Å². The van der Waals surface area contributed by atoms with Gasteiger partial charge >= 0.3 is 0 Å². The lowest BCUT2D eigenvalue weighted by molar-refractivity contribution is 0.112. The van der Waals surface area contributed by atoms with E-state index in [-0.39, 0.29) is 6.04 Å². The molecule has 1 aromatic heterocycles. The lowest BCUT2D eigenvalue weighted by atomic mass is 9.98. The van der Waals surface area contributed by atoms with Gasteiger partial charge in [0.05, 0.1) is 6.04 Å². The topological polar surface area (TPSA) is 60.7 Å². The van der Waals surface area contributed by atoms with E-state index in [1.807, 2.05) is 60.7 Å². The molecule has 0 radical (unpaired) electrons. The fourth-order valence-corrected chi connectivity index (χ4v) is 3.35. The van der Waals surface area contributed by atoms with Gasteiger partial charge in [0.15, 0.2) is 0 Å². The summed E-state index contributed by atoms with van der Waals surface area (Å²) in [6.07, 6.45) is 0.843. The van der Waals surface area contributed by atoms with Crippen LogP contribution in [0, 0.1) is 6.92 Å². The maximum absolute atomic E-state index is 10.9. The van der Waals surface area contributed by atoms with Crippen LogP contribution in [-0.2, 0) is 0 Å². The summed E-state index contributed by atoms with van der Waals surface area (Å²) in [7, 11) is 0. The van der Waals surface area contributed by atoms with Crippen molar-refractivity contribution < 1.29 is 4.79 Å². The molecule has 0 amide bonds. The van der Waals surface area contributed by atoms with Gasteiger partial charge in [0, 0.05) is 11.1 Å². The predicted molar refractivity (Wildman–Crippen MR) is 109 cm³/mol. The van der Waals surface area contributed by atoms with Crippen molar-refractivity contribution in [2.75, 3.05) is 0 Å². The molecule has 4 aromatic rings. The molecule has 5 nitrogen and oxygen atoms in total. The lowest BCUT2D eigenvalue weighted by Crippen LogP contribution is -2.11. The molecule has 0 spiro atoms. The molecule has 1 heterocycles. The van der Waals surface area contributed by atoms with E-state index in [0.29, 0.717) is 11.4 Å². The predicted octanol–water partition coefficient (Wildman–Crippen LogP) is 4.74. The normalized spacial score (nSPS) is 11.9. The van der Waals surface area contributed by atoms with Crippen molar-refractivity contribution in [1.82, 2.24) is 20.2 Å². The second-order valence-electron chi connectivity index (χ2n) is 6.75. The van der Waals surface area contributed by atoms with E-state index in [2.05, 4.69) is 41.4 Å². The molecule has 1 atom stereocenters. The molecule has 0 aliphatic heterocycles. The summed E-state index contributed by atoms with van der Waals surface area (Å²) in [4.78, 5) is 12.6. The van der Waals surface area contributed by atoms with Gasteiger partial charge in [-0.1, -0.05) is 72.8 Å². The number of rotatable bonds is 5. The number of tetrazole rings is 1. The van der Waals surface area contributed by atoms with Gasteiger partial charge in [-0.2, -0.15) is 4.80 Å². The number of nitrogens with zero attached hydrogens (tertiary/aromatic N) is 4. The molecule has 0 saturated carbocycles. The highest BCUT2D eigenvalue weighted by atomic mass is 16.1. The Kier molecular flexibility index (Phi) is 4.81. The molecule has 0 fully saturated rings. The van der Waals surface area contributed by atoms with Gasteiger partial charge in [-0.05, 0) is 41.3 Å². The van der Waals surface area contributed by atoms with Crippen molar-refractivity contribution in [3.8, 4) is 22.5 Å². The molecule has 3 aromatic carbocycles. The Hall–Kier alpha value is -3.60. The van der Waals surface area contributed by atoms with Gasteiger partial charge in [0.1, 0.15) is 6.29 Å². The van der Waals surface area contributed by atoms with E-state index < -0.39 is 0 Å². The molecular formula is C23H20N4O. The zero-order chi connectivity index (χ0) is 19.5. The van der Waals surface area contributed by atoms with Crippen molar-refractivity contribution in [2.45, 2.75) is 19.9 Å². The highest BCUT2D eigenvalue weighted by molar-refractivity contribution is 5.82. The average Bonchev–Trinajstić information content (AvgIpc) is 3.24. The maximum atomic E-state index is 10.9. The van der Waals surface area contributed by atoms with Crippen LogP contribution in [0.1, 0.15) is 34.5 Å². The first-order valence-electron chi connectivity index (χ1n) is 9.17. The van der Waals surface area contributed by atoms with Crippen LogP contribution in [0.2, 0.25) is 0 Å². The molecule has 28 heavy (non-hydrogen) atoms. The first-order valence-corrected chi connectivity index (χ1v) is 9.17. The Balaban J connectivity index is 1.71. The van der Waals surface area contributed by atoms with Crippen LogP contribution in [0.4, 0.5) is 0 Å². The minimum absolute atomic E-state index is 0.0125. The smallest absolute Gasteiger partial charge is 0.205 e. The number of aromatic nitrogens is 4. The van der Waals surface area contributed by atoms with E-state index in [1.165, 1.54) is 11.1 Å². The molecule has 138 valence electrons. The lowest BCUT2D eigenvalue weighted by Gasteiger charge is -2.12. The highest BCUT2D eigenvalue weighted by Gasteiger charge is 2.16. The van der Waals surface area contributed by atoms with Crippen LogP contribution in [0.5, 0.6) is 0 Å². The quantitative estimate of drug-likeness (QED) is 0.478. The van der Waals surface area contributed by atoms with E-state index >= 15 is 0 Å². The van der Waals surface area contributed by atoms with Crippen LogP contribution in [0.25, 0.3) is 22.5 Å². The van der Waals surface area contributed by atoms with E-state index in [1.54, 1.807) is 4.80 Å². The minimum atomic E-state index is -0.0125. The monoisotopic (exact) mass is 368 g/mol. The van der Waals surface area contributed by atoms with Gasteiger partial charge in [-0.15, -0.1) is 10.2 Å². The van der Waals surface area contributed by atoms with E-state index in [4.69, 9.17) is 0 Å². The molecule has 0 N–H and O–H groups in total. The summed E-state index contributed by atoms with van der Waals surface area (Å²) in [6, 6.07) is 23.7. The van der Waals surface area contributed by atoms with Crippen LogP contribution in [-0.4, -0.2) is 26.5 Å². The Morgan fingerprint density at radius 1 is 0.893 bits per heavy atom. The summed E-state index contributed by atoms with van der Waals surface area (Å²) in [5.74, 6) is 0.579. The van der Waals surface area contributed by atoms with E-state index in [9.17, 15) is 4.79 Å². The largest absolute Gasteiger partial charge is 0.298 e. The second kappa shape index (κ2) is 7.56. The summed E-state index contributed by atoms with van der Waals surface area (Å²) < 4.78 is 0. The third kappa shape index (κ3) is 3.34. The Labute approximate surface area is 163 Å². The van der Waals surface area contributed by atoms with Crippen LogP contribution < -0.4 is 0 Å². The maximum Gasteiger partial charge on any atom is 0.205 e. The van der Waals surface area contributed by atoms with Crippen LogP contribution >= 0.6 is 0 Å². The molecule has 0 bridgehead atoms. The zero-order valence-electron chi connectivity index (χ0n) is 15.8. The number of hydrogen-bond donors (Lipinski definition) is 0. The Morgan fingerprint density at radius 3 is 2.29 bits per heavy atom. The van der Waals surface area contributed by atoms with Crippen molar-refractivity contribution in [3.05, 3.63) is 89.5 Å². The molecule has 0 aliphatic carbocycles. The van der Waals surface area contributed by atoms with Crippen molar-refractivity contribution in [3.63, 3.8) is 0 Å². The number of carbonyl (C=O) groups excluding carboxylic acids is 1. The first-order chi connectivity index (χ1) is 13.7. The molecule has 1 unspecified atom stereocenters. The number of benzene rings is 3. The first kappa shape index (κ1) is 17.8. The second-order valence-corrected chi connectivity index (χ2v) is 6.75. The fourth-order valence-electron chi connectivity index (χ4n) is 3.35. The molecule has 0 aliphatic rings. The van der Waals surface area contributed by atoms with Crippen LogP contribution in [0.15, 0.2) is 72.8 Å². The zero-order valence-corrected chi connectivity index (χ0v) is 15.8. The van der Waals surface area contributed by atoms with Gasteiger partial charge in [-0.25, -0.2) is 0 Å². The van der Waals surface area contributed by atoms with Gasteiger partial charge in [0.25, 0.3) is 0 Å². The van der Waals surface area contributed by atoms with E-state index in [0.717, 1.165) is 23.0 Å². The average molecular weight is 368 g/mol. The van der Waals surface area contributed by atoms with Crippen LogP contribution in [0.3, 0.4) is 0 Å². The summed E-state index contributed by atoms with van der Waals surface area (Å²) in [5, 5.41) is 13.3. The Bertz CT molecular complexity index is 1120. The van der Waals surface area contributed by atoms with Gasteiger partial charge in [-0.3, -0.25) is 4.79 Å². The Morgan fingerprint density at radius 2 is 1.57 bits per heavy atom. The third-order valence-corrected chi connectivity index (χ3v) is 4.94. The third-order valence-electron chi connectivity index (χ3n) is 4.94.